The fourth-order valence-electron chi connectivity index (χ4n) is 2.03. The van der Waals surface area contributed by atoms with Crippen LogP contribution < -0.4 is 5.84 Å². The Bertz CT molecular complexity index is 680. The van der Waals surface area contributed by atoms with Crippen molar-refractivity contribution in [2.45, 2.75) is 0 Å². The number of aromatic amines is 1. The molecule has 3 N–H and O–H groups in total. The van der Waals surface area contributed by atoms with Crippen LogP contribution in [-0.4, -0.2) is 11.2 Å². The fourth-order valence-corrected chi connectivity index (χ4v) is 2.03. The highest BCUT2D eigenvalue weighted by molar-refractivity contribution is 6.08. The Kier molecular flexibility index (Phi) is 1.90. The highest BCUT2D eigenvalue weighted by atomic mass is 15.1. The van der Waals surface area contributed by atoms with E-state index in [9.17, 15) is 0 Å². The van der Waals surface area contributed by atoms with Crippen LogP contribution in [0.4, 0.5) is 0 Å². The number of H-pyrrole nitrogens is 1. The highest BCUT2D eigenvalue weighted by Crippen LogP contribution is 2.25. The van der Waals surface area contributed by atoms with Crippen molar-refractivity contribution in [2.24, 2.45) is 10.9 Å². The number of para-hydroxylation sites is 1. The Balaban J connectivity index is 2.39. The van der Waals surface area contributed by atoms with E-state index in [1.165, 1.54) is 10.8 Å². The SMILES string of the molecule is N/N=C/c1ccc2[nH]c3ccccc3c2c1. The van der Waals surface area contributed by atoms with E-state index < -0.39 is 0 Å². The predicted molar refractivity (Wildman–Crippen MR) is 67.6 cm³/mol. The van der Waals surface area contributed by atoms with Crippen LogP contribution in [0.25, 0.3) is 21.8 Å². The maximum absolute atomic E-state index is 5.15. The largest absolute Gasteiger partial charge is 0.355 e. The lowest BCUT2D eigenvalue weighted by atomic mass is 10.1. The van der Waals surface area contributed by atoms with Gasteiger partial charge in [-0.05, 0) is 23.8 Å². The molecule has 0 amide bonds. The van der Waals surface area contributed by atoms with Crippen molar-refractivity contribution in [3.05, 3.63) is 48.0 Å². The number of aromatic nitrogens is 1. The molecule has 0 bridgehead atoms. The molecule has 0 spiro atoms. The number of fused-ring (bicyclic) bond motifs is 3. The van der Waals surface area contributed by atoms with E-state index in [0.29, 0.717) is 0 Å². The van der Waals surface area contributed by atoms with Gasteiger partial charge < -0.3 is 10.8 Å². The number of hydrazone groups is 1. The number of hydrogen-bond donors (Lipinski definition) is 2. The minimum atomic E-state index is 1.01. The molecule has 1 heterocycles. The monoisotopic (exact) mass is 209 g/mol. The lowest BCUT2D eigenvalue weighted by Gasteiger charge is -1.93. The molecule has 0 saturated carbocycles. The smallest absolute Gasteiger partial charge is 0.0538 e. The molecule has 3 heteroatoms. The molecular weight excluding hydrogens is 198 g/mol. The van der Waals surface area contributed by atoms with Crippen molar-refractivity contribution in [3.63, 3.8) is 0 Å². The van der Waals surface area contributed by atoms with Crippen molar-refractivity contribution in [1.29, 1.82) is 0 Å². The molecule has 2 aromatic carbocycles. The maximum Gasteiger partial charge on any atom is 0.0538 e. The van der Waals surface area contributed by atoms with Crippen molar-refractivity contribution in [1.82, 2.24) is 4.98 Å². The molecule has 3 rings (SSSR count). The molecule has 0 aliphatic heterocycles. The normalized spacial score (nSPS) is 11.8. The Morgan fingerprint density at radius 2 is 1.81 bits per heavy atom. The van der Waals surface area contributed by atoms with Gasteiger partial charge >= 0.3 is 0 Å². The molecule has 0 fully saturated rings. The van der Waals surface area contributed by atoms with Gasteiger partial charge in [0.2, 0.25) is 0 Å². The van der Waals surface area contributed by atoms with Crippen LogP contribution in [0.5, 0.6) is 0 Å². The number of rotatable bonds is 1. The molecular formula is C13H11N3. The first kappa shape index (κ1) is 8.97. The van der Waals surface area contributed by atoms with Gasteiger partial charge in [0.15, 0.2) is 0 Å². The van der Waals surface area contributed by atoms with Crippen molar-refractivity contribution in [3.8, 4) is 0 Å². The van der Waals surface area contributed by atoms with Crippen LogP contribution in [-0.2, 0) is 0 Å². The lowest BCUT2D eigenvalue weighted by molar-refractivity contribution is 1.26. The van der Waals surface area contributed by atoms with Crippen LogP contribution in [0.3, 0.4) is 0 Å². The Morgan fingerprint density at radius 1 is 1.00 bits per heavy atom. The molecule has 78 valence electrons. The number of benzene rings is 2. The average molecular weight is 209 g/mol. The van der Waals surface area contributed by atoms with E-state index in [1.807, 2.05) is 24.3 Å². The molecule has 0 atom stereocenters. The molecule has 0 aliphatic carbocycles. The third kappa shape index (κ3) is 1.26. The quantitative estimate of drug-likeness (QED) is 0.361. The summed E-state index contributed by atoms with van der Waals surface area (Å²) in [7, 11) is 0. The van der Waals surface area contributed by atoms with Crippen LogP contribution >= 0.6 is 0 Å². The van der Waals surface area contributed by atoms with Gasteiger partial charge in [-0.3, -0.25) is 0 Å². The molecule has 16 heavy (non-hydrogen) atoms. The van der Waals surface area contributed by atoms with Crippen LogP contribution in [0.1, 0.15) is 5.56 Å². The number of nitrogens with two attached hydrogens (primary N) is 1. The molecule has 3 nitrogen and oxygen atoms in total. The van der Waals surface area contributed by atoms with Crippen LogP contribution in [0, 0.1) is 0 Å². The second-order valence-corrected chi connectivity index (χ2v) is 3.75. The molecule has 3 aromatic rings. The van der Waals surface area contributed by atoms with Gasteiger partial charge in [0, 0.05) is 21.8 Å². The number of nitrogens with zero attached hydrogens (tertiary/aromatic N) is 1. The van der Waals surface area contributed by atoms with Gasteiger partial charge in [0.25, 0.3) is 0 Å². The summed E-state index contributed by atoms with van der Waals surface area (Å²) in [5.41, 5.74) is 3.30. The molecule has 0 radical (unpaired) electrons. The summed E-state index contributed by atoms with van der Waals surface area (Å²) in [4.78, 5) is 3.37. The van der Waals surface area contributed by atoms with Gasteiger partial charge in [-0.2, -0.15) is 5.10 Å². The minimum absolute atomic E-state index is 1.01. The van der Waals surface area contributed by atoms with E-state index in [-0.39, 0.29) is 0 Å². The topological polar surface area (TPSA) is 54.2 Å². The number of hydrogen-bond acceptors (Lipinski definition) is 2. The van der Waals surface area contributed by atoms with Gasteiger partial charge in [-0.1, -0.05) is 24.3 Å². The van der Waals surface area contributed by atoms with E-state index in [4.69, 9.17) is 5.84 Å². The summed E-state index contributed by atoms with van der Waals surface area (Å²) in [5, 5.41) is 5.97. The zero-order valence-corrected chi connectivity index (χ0v) is 8.64. The third-order valence-corrected chi connectivity index (χ3v) is 2.75. The second kappa shape index (κ2) is 3.38. The first-order chi connectivity index (χ1) is 7.88. The Labute approximate surface area is 92.6 Å². The zero-order chi connectivity index (χ0) is 11.0. The molecule has 0 unspecified atom stereocenters. The fraction of sp³-hybridized carbons (Fsp3) is 0. The summed E-state index contributed by atoms with van der Waals surface area (Å²) >= 11 is 0. The summed E-state index contributed by atoms with van der Waals surface area (Å²) in [6.45, 7) is 0. The molecule has 0 saturated heterocycles. The molecule has 0 aliphatic rings. The van der Waals surface area contributed by atoms with Crippen molar-refractivity contribution in [2.75, 3.05) is 0 Å². The summed E-state index contributed by atoms with van der Waals surface area (Å²) in [5.74, 6) is 5.15. The van der Waals surface area contributed by atoms with Gasteiger partial charge in [0.1, 0.15) is 0 Å². The summed E-state index contributed by atoms with van der Waals surface area (Å²) in [6.07, 6.45) is 1.65. The summed E-state index contributed by atoms with van der Waals surface area (Å²) in [6, 6.07) is 14.4. The Morgan fingerprint density at radius 3 is 2.69 bits per heavy atom. The summed E-state index contributed by atoms with van der Waals surface area (Å²) < 4.78 is 0. The first-order valence-corrected chi connectivity index (χ1v) is 5.12. The van der Waals surface area contributed by atoms with Gasteiger partial charge in [0.05, 0.1) is 6.21 Å². The average Bonchev–Trinajstić information content (AvgIpc) is 2.68. The van der Waals surface area contributed by atoms with E-state index in [0.717, 1.165) is 16.6 Å². The van der Waals surface area contributed by atoms with Crippen LogP contribution in [0.2, 0.25) is 0 Å². The van der Waals surface area contributed by atoms with Crippen LogP contribution in [0.15, 0.2) is 47.6 Å². The van der Waals surface area contributed by atoms with E-state index in [2.05, 4.69) is 28.3 Å². The molecule has 1 aromatic heterocycles. The lowest BCUT2D eigenvalue weighted by Crippen LogP contribution is -1.85. The number of nitrogens with one attached hydrogen (secondary N) is 1. The highest BCUT2D eigenvalue weighted by Gasteiger charge is 2.03. The maximum atomic E-state index is 5.15. The second-order valence-electron chi connectivity index (χ2n) is 3.75. The Hall–Kier alpha value is -2.29. The minimum Gasteiger partial charge on any atom is -0.355 e. The zero-order valence-electron chi connectivity index (χ0n) is 8.64. The standard InChI is InChI=1S/C13H11N3/c14-15-8-9-5-6-13-11(7-9)10-3-1-2-4-12(10)16-13/h1-8,16H,14H2/b15-8+. The first-order valence-electron chi connectivity index (χ1n) is 5.12. The van der Waals surface area contributed by atoms with Crippen molar-refractivity contribution < 1.29 is 0 Å². The van der Waals surface area contributed by atoms with E-state index in [1.54, 1.807) is 6.21 Å². The van der Waals surface area contributed by atoms with E-state index >= 15 is 0 Å². The van der Waals surface area contributed by atoms with Gasteiger partial charge in [-0.15, -0.1) is 0 Å². The van der Waals surface area contributed by atoms with Crippen molar-refractivity contribution >= 4 is 28.0 Å². The predicted octanol–water partition coefficient (Wildman–Crippen LogP) is 2.61. The van der Waals surface area contributed by atoms with Gasteiger partial charge in [-0.25, -0.2) is 0 Å². The third-order valence-electron chi connectivity index (χ3n) is 2.75.